The van der Waals surface area contributed by atoms with Crippen LogP contribution < -0.4 is 4.72 Å². The van der Waals surface area contributed by atoms with Gasteiger partial charge in [0.25, 0.3) is 0 Å². The van der Waals surface area contributed by atoms with Crippen molar-refractivity contribution in [3.8, 4) is 0 Å². The van der Waals surface area contributed by atoms with Crippen molar-refractivity contribution in [2.24, 2.45) is 0 Å². The van der Waals surface area contributed by atoms with Gasteiger partial charge < -0.3 is 0 Å². The van der Waals surface area contributed by atoms with Crippen LogP contribution in [0.2, 0.25) is 0 Å². The SMILES string of the molecule is CC(C)(C)S(=O)N[C@H](c1ccccc1)c1ccccn1. The van der Waals surface area contributed by atoms with Crippen LogP contribution in [-0.4, -0.2) is 13.9 Å². The summed E-state index contributed by atoms with van der Waals surface area (Å²) in [6.07, 6.45) is 1.76. The van der Waals surface area contributed by atoms with E-state index in [9.17, 15) is 4.21 Å². The van der Waals surface area contributed by atoms with E-state index in [0.717, 1.165) is 11.3 Å². The van der Waals surface area contributed by atoms with Gasteiger partial charge in [-0.1, -0.05) is 36.4 Å². The molecule has 1 aromatic carbocycles. The van der Waals surface area contributed by atoms with Crippen LogP contribution in [0.3, 0.4) is 0 Å². The van der Waals surface area contributed by atoms with Crippen LogP contribution in [0.5, 0.6) is 0 Å². The lowest BCUT2D eigenvalue weighted by Gasteiger charge is -2.24. The van der Waals surface area contributed by atoms with Crippen molar-refractivity contribution in [3.05, 3.63) is 66.0 Å². The Labute approximate surface area is 123 Å². The minimum Gasteiger partial charge on any atom is -0.259 e. The molecule has 2 aromatic rings. The summed E-state index contributed by atoms with van der Waals surface area (Å²) in [5.41, 5.74) is 1.93. The van der Waals surface area contributed by atoms with Crippen molar-refractivity contribution in [2.75, 3.05) is 0 Å². The van der Waals surface area contributed by atoms with Crippen molar-refractivity contribution < 1.29 is 4.21 Å². The van der Waals surface area contributed by atoms with Gasteiger partial charge >= 0.3 is 0 Å². The number of nitrogens with one attached hydrogen (secondary N) is 1. The van der Waals surface area contributed by atoms with Crippen molar-refractivity contribution in [1.29, 1.82) is 0 Å². The van der Waals surface area contributed by atoms with Gasteiger partial charge in [-0.05, 0) is 38.5 Å². The molecule has 0 amide bonds. The predicted octanol–water partition coefficient (Wildman–Crippen LogP) is 3.22. The Morgan fingerprint density at radius 3 is 2.25 bits per heavy atom. The number of hydrogen-bond acceptors (Lipinski definition) is 2. The molecular formula is C16H20N2OS. The van der Waals surface area contributed by atoms with E-state index < -0.39 is 11.0 Å². The molecule has 2 atom stereocenters. The van der Waals surface area contributed by atoms with Crippen LogP contribution >= 0.6 is 0 Å². The quantitative estimate of drug-likeness (QED) is 0.938. The first-order valence-electron chi connectivity index (χ1n) is 6.62. The topological polar surface area (TPSA) is 42.0 Å². The second-order valence-corrected chi connectivity index (χ2v) is 7.60. The highest BCUT2D eigenvalue weighted by atomic mass is 32.2. The van der Waals surface area contributed by atoms with Crippen LogP contribution in [0.1, 0.15) is 38.1 Å². The van der Waals surface area contributed by atoms with Gasteiger partial charge in [0, 0.05) is 6.20 Å². The maximum atomic E-state index is 12.4. The zero-order chi connectivity index (χ0) is 14.6. The van der Waals surface area contributed by atoms with Crippen molar-refractivity contribution in [2.45, 2.75) is 31.6 Å². The summed E-state index contributed by atoms with van der Waals surface area (Å²) in [5, 5.41) is 0. The second-order valence-electron chi connectivity index (χ2n) is 5.60. The van der Waals surface area contributed by atoms with E-state index in [1.807, 2.05) is 69.3 Å². The first-order chi connectivity index (χ1) is 9.48. The van der Waals surface area contributed by atoms with Gasteiger partial charge in [-0.3, -0.25) is 4.98 Å². The van der Waals surface area contributed by atoms with Gasteiger partial charge in [-0.2, -0.15) is 0 Å². The van der Waals surface area contributed by atoms with Crippen molar-refractivity contribution in [3.63, 3.8) is 0 Å². The molecule has 1 unspecified atom stereocenters. The molecule has 20 heavy (non-hydrogen) atoms. The molecule has 106 valence electrons. The van der Waals surface area contributed by atoms with Crippen LogP contribution in [-0.2, 0) is 11.0 Å². The molecule has 4 heteroatoms. The summed E-state index contributed by atoms with van der Waals surface area (Å²) in [6, 6.07) is 15.6. The van der Waals surface area contributed by atoms with Gasteiger partial charge in [0.1, 0.15) is 0 Å². The van der Waals surface area contributed by atoms with Crippen LogP contribution in [0, 0.1) is 0 Å². The average molecular weight is 288 g/mol. The van der Waals surface area contributed by atoms with E-state index in [1.165, 1.54) is 0 Å². The Morgan fingerprint density at radius 1 is 1.05 bits per heavy atom. The fraction of sp³-hybridized carbons (Fsp3) is 0.312. The third-order valence-corrected chi connectivity index (χ3v) is 4.46. The number of pyridine rings is 1. The zero-order valence-electron chi connectivity index (χ0n) is 12.0. The molecule has 0 spiro atoms. The van der Waals surface area contributed by atoms with E-state index in [4.69, 9.17) is 0 Å². The lowest BCUT2D eigenvalue weighted by atomic mass is 10.0. The maximum absolute atomic E-state index is 12.4. The highest BCUT2D eigenvalue weighted by Crippen LogP contribution is 2.22. The number of aromatic nitrogens is 1. The second kappa shape index (κ2) is 6.29. The Morgan fingerprint density at radius 2 is 1.70 bits per heavy atom. The van der Waals surface area contributed by atoms with E-state index in [0.29, 0.717) is 0 Å². The molecule has 3 nitrogen and oxygen atoms in total. The first kappa shape index (κ1) is 14.9. The van der Waals surface area contributed by atoms with Gasteiger partial charge in [0.15, 0.2) is 0 Å². The van der Waals surface area contributed by atoms with Gasteiger partial charge in [0.05, 0.1) is 27.5 Å². The minimum atomic E-state index is -1.16. The lowest BCUT2D eigenvalue weighted by Crippen LogP contribution is -2.36. The maximum Gasteiger partial charge on any atom is 0.0979 e. The van der Waals surface area contributed by atoms with Crippen LogP contribution in [0.15, 0.2) is 54.7 Å². The molecule has 0 saturated heterocycles. The highest BCUT2D eigenvalue weighted by molar-refractivity contribution is 7.84. The largest absolute Gasteiger partial charge is 0.259 e. The predicted molar refractivity (Wildman–Crippen MR) is 83.6 cm³/mol. The number of benzene rings is 1. The molecule has 0 radical (unpaired) electrons. The van der Waals surface area contributed by atoms with Crippen molar-refractivity contribution >= 4 is 11.0 Å². The molecule has 1 N–H and O–H groups in total. The summed E-state index contributed by atoms with van der Waals surface area (Å²) < 4.78 is 15.3. The molecule has 0 aliphatic rings. The molecule has 0 bridgehead atoms. The van der Waals surface area contributed by atoms with E-state index in [-0.39, 0.29) is 10.8 Å². The molecule has 1 aromatic heterocycles. The first-order valence-corrected chi connectivity index (χ1v) is 7.77. The Balaban J connectivity index is 2.34. The summed E-state index contributed by atoms with van der Waals surface area (Å²) in [4.78, 5) is 4.39. The molecular weight excluding hydrogens is 268 g/mol. The summed E-state index contributed by atoms with van der Waals surface area (Å²) in [6.45, 7) is 5.86. The third-order valence-electron chi connectivity index (χ3n) is 2.90. The molecule has 2 rings (SSSR count). The molecule has 1 heterocycles. The summed E-state index contributed by atoms with van der Waals surface area (Å²) >= 11 is 0. The summed E-state index contributed by atoms with van der Waals surface area (Å²) in [5.74, 6) is 0. The van der Waals surface area contributed by atoms with Gasteiger partial charge in [0.2, 0.25) is 0 Å². The fourth-order valence-corrected chi connectivity index (χ4v) is 2.60. The van der Waals surface area contributed by atoms with Crippen LogP contribution in [0.4, 0.5) is 0 Å². The van der Waals surface area contributed by atoms with E-state index in [1.54, 1.807) is 6.20 Å². The highest BCUT2D eigenvalue weighted by Gasteiger charge is 2.25. The Kier molecular flexibility index (Phi) is 4.68. The number of hydrogen-bond donors (Lipinski definition) is 1. The van der Waals surface area contributed by atoms with Crippen LogP contribution in [0.25, 0.3) is 0 Å². The Hall–Kier alpha value is -1.52. The monoisotopic (exact) mass is 288 g/mol. The van der Waals surface area contributed by atoms with Gasteiger partial charge in [-0.15, -0.1) is 0 Å². The molecule has 0 aliphatic carbocycles. The number of nitrogens with zero attached hydrogens (tertiary/aromatic N) is 1. The smallest absolute Gasteiger partial charge is 0.0979 e. The number of rotatable bonds is 4. The minimum absolute atomic E-state index is 0.169. The fourth-order valence-electron chi connectivity index (χ4n) is 1.78. The lowest BCUT2D eigenvalue weighted by molar-refractivity contribution is 0.620. The molecule has 0 saturated carbocycles. The summed E-state index contributed by atoms with van der Waals surface area (Å²) in [7, 11) is -1.16. The Bertz CT molecular complexity index is 525. The standard InChI is InChI=1S/C16H20N2OS/c1-16(2,3)20(19)18-15(13-9-5-4-6-10-13)14-11-7-8-12-17-14/h4-12,15,18H,1-3H3/t15-,20?/m1/s1. The normalized spacial score (nSPS) is 14.8. The van der Waals surface area contributed by atoms with E-state index >= 15 is 0 Å². The molecule has 0 aliphatic heterocycles. The average Bonchev–Trinajstić information content (AvgIpc) is 2.45. The van der Waals surface area contributed by atoms with Gasteiger partial charge in [-0.25, -0.2) is 8.93 Å². The zero-order valence-corrected chi connectivity index (χ0v) is 12.9. The third kappa shape index (κ3) is 3.74. The molecule has 0 fully saturated rings. The van der Waals surface area contributed by atoms with E-state index in [2.05, 4.69) is 9.71 Å². The van der Waals surface area contributed by atoms with Crippen molar-refractivity contribution in [1.82, 2.24) is 9.71 Å².